The number of rotatable bonds is 10. The van der Waals surface area contributed by atoms with Crippen LogP contribution >= 0.6 is 0 Å². The SMILES string of the molecule is CCCCOCCC(O)CCOc1ccccc1. The maximum atomic E-state index is 9.72. The van der Waals surface area contributed by atoms with Crippen LogP contribution in [0.2, 0.25) is 0 Å². The molecule has 1 N–H and O–H groups in total. The third-order valence-electron chi connectivity index (χ3n) is 2.70. The molecule has 18 heavy (non-hydrogen) atoms. The van der Waals surface area contributed by atoms with E-state index in [1.54, 1.807) is 0 Å². The molecule has 0 fully saturated rings. The van der Waals surface area contributed by atoms with Gasteiger partial charge in [0, 0.05) is 19.6 Å². The molecule has 0 bridgehead atoms. The average molecular weight is 252 g/mol. The van der Waals surface area contributed by atoms with E-state index >= 15 is 0 Å². The minimum absolute atomic E-state index is 0.338. The monoisotopic (exact) mass is 252 g/mol. The van der Waals surface area contributed by atoms with Crippen molar-refractivity contribution in [3.8, 4) is 5.75 Å². The van der Waals surface area contributed by atoms with Gasteiger partial charge in [0.05, 0.1) is 12.7 Å². The highest BCUT2D eigenvalue weighted by Crippen LogP contribution is 2.09. The summed E-state index contributed by atoms with van der Waals surface area (Å²) in [6.45, 7) is 4.11. The lowest BCUT2D eigenvalue weighted by atomic mass is 10.2. The summed E-state index contributed by atoms with van der Waals surface area (Å²) < 4.78 is 10.9. The van der Waals surface area contributed by atoms with Crippen molar-refractivity contribution in [2.24, 2.45) is 0 Å². The lowest BCUT2D eigenvalue weighted by Gasteiger charge is -2.11. The van der Waals surface area contributed by atoms with Gasteiger partial charge in [-0.2, -0.15) is 0 Å². The maximum Gasteiger partial charge on any atom is 0.119 e. The number of hydrogen-bond acceptors (Lipinski definition) is 3. The van der Waals surface area contributed by atoms with Crippen LogP contribution in [0, 0.1) is 0 Å². The summed E-state index contributed by atoms with van der Waals surface area (Å²) in [7, 11) is 0. The zero-order valence-electron chi connectivity index (χ0n) is 11.2. The van der Waals surface area contributed by atoms with Gasteiger partial charge in [-0.1, -0.05) is 31.5 Å². The van der Waals surface area contributed by atoms with E-state index in [0.717, 1.165) is 25.2 Å². The zero-order valence-corrected chi connectivity index (χ0v) is 11.2. The summed E-state index contributed by atoms with van der Waals surface area (Å²) >= 11 is 0. The second kappa shape index (κ2) is 9.92. The van der Waals surface area contributed by atoms with E-state index < -0.39 is 0 Å². The summed E-state index contributed by atoms with van der Waals surface area (Å²) in [5.74, 6) is 0.851. The summed E-state index contributed by atoms with van der Waals surface area (Å²) in [4.78, 5) is 0. The van der Waals surface area contributed by atoms with E-state index in [1.165, 1.54) is 0 Å². The van der Waals surface area contributed by atoms with Crippen LogP contribution < -0.4 is 4.74 Å². The highest BCUT2D eigenvalue weighted by molar-refractivity contribution is 5.20. The molecule has 0 amide bonds. The number of para-hydroxylation sites is 1. The van der Waals surface area contributed by atoms with Crippen molar-refractivity contribution < 1.29 is 14.6 Å². The fourth-order valence-electron chi connectivity index (χ4n) is 1.54. The molecule has 0 heterocycles. The van der Waals surface area contributed by atoms with Crippen LogP contribution in [0.1, 0.15) is 32.6 Å². The van der Waals surface area contributed by atoms with Crippen molar-refractivity contribution in [3.05, 3.63) is 30.3 Å². The van der Waals surface area contributed by atoms with Crippen molar-refractivity contribution >= 4 is 0 Å². The maximum absolute atomic E-state index is 9.72. The molecule has 0 spiro atoms. The van der Waals surface area contributed by atoms with Crippen molar-refractivity contribution in [1.82, 2.24) is 0 Å². The number of ether oxygens (including phenoxy) is 2. The second-order valence-corrected chi connectivity index (χ2v) is 4.36. The van der Waals surface area contributed by atoms with Gasteiger partial charge in [0.15, 0.2) is 0 Å². The van der Waals surface area contributed by atoms with Gasteiger partial charge in [-0.15, -0.1) is 0 Å². The van der Waals surface area contributed by atoms with Crippen LogP contribution in [0.15, 0.2) is 30.3 Å². The fraction of sp³-hybridized carbons (Fsp3) is 0.600. The second-order valence-electron chi connectivity index (χ2n) is 4.36. The Kier molecular flexibility index (Phi) is 8.26. The Morgan fingerprint density at radius 1 is 1.06 bits per heavy atom. The molecule has 102 valence electrons. The molecule has 1 atom stereocenters. The van der Waals surface area contributed by atoms with Crippen LogP contribution in [0.3, 0.4) is 0 Å². The van der Waals surface area contributed by atoms with E-state index in [4.69, 9.17) is 9.47 Å². The Bertz CT molecular complexity index is 287. The van der Waals surface area contributed by atoms with Gasteiger partial charge in [-0.25, -0.2) is 0 Å². The largest absolute Gasteiger partial charge is 0.493 e. The Labute approximate surface area is 110 Å². The smallest absolute Gasteiger partial charge is 0.119 e. The minimum atomic E-state index is -0.338. The highest BCUT2D eigenvalue weighted by atomic mass is 16.5. The molecule has 0 radical (unpaired) electrons. The number of hydrogen-bond donors (Lipinski definition) is 1. The predicted octanol–water partition coefficient (Wildman–Crippen LogP) is 3.02. The molecule has 1 unspecified atom stereocenters. The van der Waals surface area contributed by atoms with Gasteiger partial charge in [0.25, 0.3) is 0 Å². The first-order valence-electron chi connectivity index (χ1n) is 6.76. The first-order chi connectivity index (χ1) is 8.83. The Morgan fingerprint density at radius 3 is 2.50 bits per heavy atom. The van der Waals surface area contributed by atoms with Gasteiger partial charge >= 0.3 is 0 Å². The van der Waals surface area contributed by atoms with E-state index in [9.17, 15) is 5.11 Å². The van der Waals surface area contributed by atoms with Crippen LogP contribution in [0.4, 0.5) is 0 Å². The molecule has 0 aliphatic carbocycles. The molecule has 0 aliphatic rings. The van der Waals surface area contributed by atoms with Gasteiger partial charge in [-0.3, -0.25) is 0 Å². The molecular weight excluding hydrogens is 228 g/mol. The molecule has 0 saturated heterocycles. The average Bonchev–Trinajstić information content (AvgIpc) is 2.40. The van der Waals surface area contributed by atoms with Gasteiger partial charge in [0.1, 0.15) is 5.75 Å². The van der Waals surface area contributed by atoms with Crippen molar-refractivity contribution in [3.63, 3.8) is 0 Å². The molecule has 3 nitrogen and oxygen atoms in total. The van der Waals surface area contributed by atoms with Gasteiger partial charge < -0.3 is 14.6 Å². The lowest BCUT2D eigenvalue weighted by Crippen LogP contribution is -2.14. The summed E-state index contributed by atoms with van der Waals surface area (Å²) in [6.07, 6.45) is 3.23. The third-order valence-corrected chi connectivity index (χ3v) is 2.70. The predicted molar refractivity (Wildman–Crippen MR) is 72.9 cm³/mol. The molecule has 0 saturated carbocycles. The van der Waals surface area contributed by atoms with Crippen LogP contribution in [-0.2, 0) is 4.74 Å². The van der Waals surface area contributed by atoms with E-state index in [2.05, 4.69) is 6.92 Å². The molecule has 1 rings (SSSR count). The Morgan fingerprint density at radius 2 is 1.78 bits per heavy atom. The molecule has 0 aromatic heterocycles. The van der Waals surface area contributed by atoms with Crippen LogP contribution in [-0.4, -0.2) is 31.0 Å². The highest BCUT2D eigenvalue weighted by Gasteiger charge is 2.04. The van der Waals surface area contributed by atoms with Crippen molar-refractivity contribution in [1.29, 1.82) is 0 Å². The molecule has 1 aromatic rings. The van der Waals surface area contributed by atoms with Crippen LogP contribution in [0.5, 0.6) is 5.75 Å². The first kappa shape index (κ1) is 15.0. The zero-order chi connectivity index (χ0) is 13.1. The Balaban J connectivity index is 1.98. The summed E-state index contributed by atoms with van der Waals surface area (Å²) in [6, 6.07) is 9.66. The number of aliphatic hydroxyl groups is 1. The lowest BCUT2D eigenvalue weighted by molar-refractivity contribution is 0.0696. The number of benzene rings is 1. The molecule has 0 aliphatic heterocycles. The first-order valence-corrected chi connectivity index (χ1v) is 6.76. The van der Waals surface area contributed by atoms with Crippen molar-refractivity contribution in [2.45, 2.75) is 38.7 Å². The number of aliphatic hydroxyl groups excluding tert-OH is 1. The van der Waals surface area contributed by atoms with Crippen LogP contribution in [0.25, 0.3) is 0 Å². The molecule has 1 aromatic carbocycles. The summed E-state index contributed by atoms with van der Waals surface area (Å²) in [5.41, 5.74) is 0. The fourth-order valence-corrected chi connectivity index (χ4v) is 1.54. The Hall–Kier alpha value is -1.06. The molecular formula is C15H24O3. The van der Waals surface area contributed by atoms with Gasteiger partial charge in [0.2, 0.25) is 0 Å². The van der Waals surface area contributed by atoms with E-state index in [0.29, 0.717) is 26.1 Å². The van der Waals surface area contributed by atoms with Gasteiger partial charge in [-0.05, 0) is 25.0 Å². The third kappa shape index (κ3) is 7.30. The van der Waals surface area contributed by atoms with E-state index in [-0.39, 0.29) is 6.10 Å². The summed E-state index contributed by atoms with van der Waals surface area (Å²) in [5, 5.41) is 9.72. The minimum Gasteiger partial charge on any atom is -0.493 e. The number of unbranched alkanes of at least 4 members (excludes halogenated alkanes) is 1. The standard InChI is InChI=1S/C15H24O3/c1-2-3-11-17-12-9-14(16)10-13-18-15-7-5-4-6-8-15/h4-8,14,16H,2-3,9-13H2,1H3. The molecule has 3 heteroatoms. The van der Waals surface area contributed by atoms with Crippen molar-refractivity contribution in [2.75, 3.05) is 19.8 Å². The topological polar surface area (TPSA) is 38.7 Å². The normalized spacial score (nSPS) is 12.3. The van der Waals surface area contributed by atoms with E-state index in [1.807, 2.05) is 30.3 Å². The quantitative estimate of drug-likeness (QED) is 0.650.